The van der Waals surface area contributed by atoms with Crippen LogP contribution in [-0.4, -0.2) is 17.0 Å². The van der Waals surface area contributed by atoms with E-state index in [1.165, 1.54) is 0 Å². The highest BCUT2D eigenvalue weighted by molar-refractivity contribution is 5.71. The Morgan fingerprint density at radius 1 is 1.33 bits per heavy atom. The average molecular weight is 178 g/mol. The van der Waals surface area contributed by atoms with Crippen molar-refractivity contribution in [3.05, 3.63) is 0 Å². The van der Waals surface area contributed by atoms with Crippen LogP contribution in [0.1, 0.15) is 32.1 Å². The van der Waals surface area contributed by atoms with Gasteiger partial charge in [-0.1, -0.05) is 12.8 Å². The maximum Gasteiger partial charge on any atom is 0.312 e. The van der Waals surface area contributed by atoms with Gasteiger partial charge in [-0.3, -0.25) is 4.79 Å². The highest BCUT2D eigenvalue weighted by Crippen LogP contribution is 2.37. The number of hydrogen-bond donors (Lipinski definition) is 1. The summed E-state index contributed by atoms with van der Waals surface area (Å²) in [5.41, 5.74) is 0. The number of aliphatic carboxylic acids is 1. The first-order chi connectivity index (χ1) is 5.54. The second kappa shape index (κ2) is 3.37. The first kappa shape index (κ1) is 9.42. The lowest BCUT2D eigenvalue weighted by molar-refractivity contribution is -0.157. The Morgan fingerprint density at radius 3 is 2.58 bits per heavy atom. The predicted octanol–water partition coefficient (Wildman–Crippen LogP) is 2.29. The molecule has 0 heterocycles. The Morgan fingerprint density at radius 2 is 2.00 bits per heavy atom. The van der Waals surface area contributed by atoms with Crippen LogP contribution in [0.2, 0.25) is 0 Å². The zero-order valence-electron chi connectivity index (χ0n) is 6.72. The monoisotopic (exact) mass is 178 g/mol. The molecule has 4 heteroatoms. The van der Waals surface area contributed by atoms with Crippen LogP contribution in [-0.2, 0) is 4.79 Å². The predicted molar refractivity (Wildman–Crippen MR) is 39.2 cm³/mol. The summed E-state index contributed by atoms with van der Waals surface area (Å²) in [4.78, 5) is 10.4. The quantitative estimate of drug-likeness (QED) is 0.625. The van der Waals surface area contributed by atoms with Crippen molar-refractivity contribution < 1.29 is 18.7 Å². The summed E-state index contributed by atoms with van der Waals surface area (Å²) in [7, 11) is 0. The maximum absolute atomic E-state index is 13.0. The van der Waals surface area contributed by atoms with Gasteiger partial charge in [-0.2, -0.15) is 0 Å². The average Bonchev–Trinajstić information content (AvgIpc) is 2.09. The number of carboxylic acid groups (broad SMARTS) is 1. The molecular formula is C8H12F2O2. The zero-order valence-corrected chi connectivity index (χ0v) is 6.72. The normalized spacial score (nSPS) is 29.3. The number of carboxylic acids is 1. The molecule has 0 aliphatic heterocycles. The van der Waals surface area contributed by atoms with Crippen molar-refractivity contribution in [1.29, 1.82) is 0 Å². The van der Waals surface area contributed by atoms with Crippen molar-refractivity contribution in [2.75, 3.05) is 0 Å². The number of halogens is 2. The molecule has 1 fully saturated rings. The van der Waals surface area contributed by atoms with Crippen LogP contribution in [0.5, 0.6) is 0 Å². The molecule has 2 nitrogen and oxygen atoms in total. The number of carbonyl (C=O) groups is 1. The minimum absolute atomic E-state index is 0.113. The third-order valence-electron chi connectivity index (χ3n) is 2.31. The topological polar surface area (TPSA) is 37.3 Å². The molecule has 1 aliphatic rings. The third-order valence-corrected chi connectivity index (χ3v) is 2.31. The van der Waals surface area contributed by atoms with Gasteiger partial charge in [0.25, 0.3) is 5.92 Å². The van der Waals surface area contributed by atoms with E-state index in [0.29, 0.717) is 12.8 Å². The Hall–Kier alpha value is -0.670. The SMILES string of the molecule is O=C(O)[C@H]1CCCCCC1(F)F. The van der Waals surface area contributed by atoms with Gasteiger partial charge in [-0.25, -0.2) is 8.78 Å². The van der Waals surface area contributed by atoms with E-state index in [2.05, 4.69) is 0 Å². The molecule has 0 aromatic rings. The molecule has 0 radical (unpaired) electrons. The summed E-state index contributed by atoms with van der Waals surface area (Å²) in [6.45, 7) is 0. The van der Waals surface area contributed by atoms with E-state index >= 15 is 0 Å². The molecule has 1 rings (SSSR count). The molecule has 0 aromatic heterocycles. The smallest absolute Gasteiger partial charge is 0.312 e. The maximum atomic E-state index is 13.0. The highest BCUT2D eigenvalue weighted by Gasteiger charge is 2.44. The molecule has 0 spiro atoms. The van der Waals surface area contributed by atoms with E-state index in [-0.39, 0.29) is 12.8 Å². The van der Waals surface area contributed by atoms with Gasteiger partial charge in [0.2, 0.25) is 0 Å². The highest BCUT2D eigenvalue weighted by atomic mass is 19.3. The second-order valence-electron chi connectivity index (χ2n) is 3.25. The van der Waals surface area contributed by atoms with E-state index in [4.69, 9.17) is 5.11 Å². The van der Waals surface area contributed by atoms with Gasteiger partial charge >= 0.3 is 5.97 Å². The van der Waals surface area contributed by atoms with Gasteiger partial charge in [-0.15, -0.1) is 0 Å². The van der Waals surface area contributed by atoms with Gasteiger partial charge < -0.3 is 5.11 Å². The molecule has 0 bridgehead atoms. The number of rotatable bonds is 1. The van der Waals surface area contributed by atoms with Crippen LogP contribution in [0, 0.1) is 5.92 Å². The standard InChI is InChI=1S/C8H12F2O2/c9-8(10)5-3-1-2-4-6(8)7(11)12/h6H,1-5H2,(H,11,12)/t6-/m1/s1. The summed E-state index contributed by atoms with van der Waals surface area (Å²) in [5, 5.41) is 8.52. The zero-order chi connectivity index (χ0) is 9.19. The minimum atomic E-state index is -3.00. The van der Waals surface area contributed by atoms with Crippen LogP contribution in [0.4, 0.5) is 8.78 Å². The lowest BCUT2D eigenvalue weighted by Gasteiger charge is -2.20. The minimum Gasteiger partial charge on any atom is -0.481 e. The fraction of sp³-hybridized carbons (Fsp3) is 0.875. The third kappa shape index (κ3) is 1.93. The van der Waals surface area contributed by atoms with Crippen molar-refractivity contribution in [3.63, 3.8) is 0 Å². The van der Waals surface area contributed by atoms with Gasteiger partial charge in [0.15, 0.2) is 0 Å². The molecule has 70 valence electrons. The van der Waals surface area contributed by atoms with Crippen LogP contribution in [0.15, 0.2) is 0 Å². The summed E-state index contributed by atoms with van der Waals surface area (Å²) in [5.74, 6) is -5.82. The van der Waals surface area contributed by atoms with Gasteiger partial charge in [0.05, 0.1) is 0 Å². The van der Waals surface area contributed by atoms with E-state index in [0.717, 1.165) is 6.42 Å². The van der Waals surface area contributed by atoms with E-state index in [1.54, 1.807) is 0 Å². The van der Waals surface area contributed by atoms with Crippen LogP contribution >= 0.6 is 0 Å². The molecular weight excluding hydrogens is 166 g/mol. The van der Waals surface area contributed by atoms with Gasteiger partial charge in [0.1, 0.15) is 5.92 Å². The fourth-order valence-corrected chi connectivity index (χ4v) is 1.58. The van der Waals surface area contributed by atoms with Crippen LogP contribution < -0.4 is 0 Å². The van der Waals surface area contributed by atoms with Crippen molar-refractivity contribution in [2.24, 2.45) is 5.92 Å². The molecule has 0 aromatic carbocycles. The number of alkyl halides is 2. The summed E-state index contributed by atoms with van der Waals surface area (Å²) in [6.07, 6.45) is 1.61. The molecule has 0 saturated heterocycles. The van der Waals surface area contributed by atoms with E-state index < -0.39 is 17.8 Å². The van der Waals surface area contributed by atoms with Gasteiger partial charge in [-0.05, 0) is 12.8 Å². The summed E-state index contributed by atoms with van der Waals surface area (Å²) in [6, 6.07) is 0. The van der Waals surface area contributed by atoms with Crippen molar-refractivity contribution in [1.82, 2.24) is 0 Å². The first-order valence-electron chi connectivity index (χ1n) is 4.14. The van der Waals surface area contributed by atoms with Crippen molar-refractivity contribution in [2.45, 2.75) is 38.0 Å². The molecule has 12 heavy (non-hydrogen) atoms. The number of hydrogen-bond acceptors (Lipinski definition) is 1. The molecule has 1 N–H and O–H groups in total. The first-order valence-corrected chi connectivity index (χ1v) is 4.14. The molecule has 1 aliphatic carbocycles. The second-order valence-corrected chi connectivity index (χ2v) is 3.25. The fourth-order valence-electron chi connectivity index (χ4n) is 1.58. The Kier molecular flexibility index (Phi) is 2.65. The lowest BCUT2D eigenvalue weighted by Crippen LogP contribution is -2.33. The molecule has 0 unspecified atom stereocenters. The van der Waals surface area contributed by atoms with Gasteiger partial charge in [0, 0.05) is 6.42 Å². The van der Waals surface area contributed by atoms with Crippen molar-refractivity contribution in [3.8, 4) is 0 Å². The van der Waals surface area contributed by atoms with Crippen molar-refractivity contribution >= 4 is 5.97 Å². The summed E-state index contributed by atoms with van der Waals surface area (Å²) >= 11 is 0. The molecule has 1 atom stereocenters. The van der Waals surface area contributed by atoms with E-state index in [1.807, 2.05) is 0 Å². The Bertz CT molecular complexity index is 180. The van der Waals surface area contributed by atoms with Crippen LogP contribution in [0.25, 0.3) is 0 Å². The Labute approximate surface area is 69.6 Å². The largest absolute Gasteiger partial charge is 0.481 e. The Balaban J connectivity index is 2.71. The summed E-state index contributed by atoms with van der Waals surface area (Å²) < 4.78 is 26.0. The van der Waals surface area contributed by atoms with Crippen LogP contribution in [0.3, 0.4) is 0 Å². The van der Waals surface area contributed by atoms with E-state index in [9.17, 15) is 13.6 Å². The molecule has 0 amide bonds. The molecule has 1 saturated carbocycles. The lowest BCUT2D eigenvalue weighted by atomic mass is 9.97.